The molecular weight excluding hydrogens is 408 g/mol. The van der Waals surface area contributed by atoms with Crippen molar-refractivity contribution in [1.29, 1.82) is 0 Å². The molecule has 0 bridgehead atoms. The molecule has 5 nitrogen and oxygen atoms in total. The molecule has 31 heavy (non-hydrogen) atoms. The molecule has 2 aliphatic heterocycles. The molecule has 2 aliphatic rings. The zero-order valence-corrected chi connectivity index (χ0v) is 19.3. The molecule has 6 heteroatoms. The minimum atomic E-state index is -0.0158. The third-order valence-corrected chi connectivity index (χ3v) is 7.32. The number of likely N-dealkylation sites (tertiary alicyclic amines) is 2. The van der Waals surface area contributed by atoms with Crippen LogP contribution in [-0.2, 0) is 4.79 Å². The molecule has 0 unspecified atom stereocenters. The van der Waals surface area contributed by atoms with Crippen molar-refractivity contribution in [3.05, 3.63) is 41.3 Å². The van der Waals surface area contributed by atoms with Gasteiger partial charge in [-0.3, -0.25) is 9.59 Å². The van der Waals surface area contributed by atoms with Crippen molar-refractivity contribution in [3.63, 3.8) is 0 Å². The monoisotopic (exact) mass is 440 g/mol. The number of benzene rings is 1. The van der Waals surface area contributed by atoms with Gasteiger partial charge in [0, 0.05) is 31.1 Å². The number of hydrogen-bond acceptors (Lipinski definition) is 4. The van der Waals surface area contributed by atoms with Crippen LogP contribution in [0.4, 0.5) is 0 Å². The van der Waals surface area contributed by atoms with Crippen LogP contribution in [0.25, 0.3) is 10.4 Å². The Balaban J connectivity index is 1.56. The van der Waals surface area contributed by atoms with Gasteiger partial charge in [0.1, 0.15) is 10.6 Å². The number of ether oxygens (including phenoxy) is 1. The van der Waals surface area contributed by atoms with Crippen LogP contribution in [0.1, 0.15) is 49.2 Å². The molecule has 4 rings (SSSR count). The maximum absolute atomic E-state index is 13.5. The molecule has 0 saturated carbocycles. The van der Waals surface area contributed by atoms with Crippen LogP contribution < -0.4 is 4.74 Å². The van der Waals surface area contributed by atoms with Gasteiger partial charge < -0.3 is 14.5 Å². The van der Waals surface area contributed by atoms with Crippen LogP contribution in [0, 0.1) is 11.8 Å². The first-order chi connectivity index (χ1) is 15.0. The zero-order chi connectivity index (χ0) is 21.8. The van der Waals surface area contributed by atoms with Gasteiger partial charge in [0.15, 0.2) is 6.61 Å². The van der Waals surface area contributed by atoms with Gasteiger partial charge in [0.25, 0.3) is 11.8 Å². The Morgan fingerprint density at radius 2 is 1.68 bits per heavy atom. The Morgan fingerprint density at radius 1 is 1.00 bits per heavy atom. The van der Waals surface area contributed by atoms with Gasteiger partial charge in [-0.25, -0.2) is 0 Å². The SMILES string of the molecule is C[C@@H]1C[C@@H](C)CN(C(=O)c2sc(-c3ccccc3)cc2OCC(=O)N2CCCCC2)C1. The van der Waals surface area contributed by atoms with Crippen molar-refractivity contribution in [2.45, 2.75) is 39.5 Å². The minimum Gasteiger partial charge on any atom is -0.482 e. The fourth-order valence-electron chi connectivity index (χ4n) is 4.72. The van der Waals surface area contributed by atoms with Gasteiger partial charge in [-0.1, -0.05) is 44.2 Å². The highest BCUT2D eigenvalue weighted by Gasteiger charge is 2.30. The van der Waals surface area contributed by atoms with Crippen molar-refractivity contribution in [1.82, 2.24) is 9.80 Å². The second-order valence-electron chi connectivity index (χ2n) is 9.06. The second-order valence-corrected chi connectivity index (χ2v) is 10.1. The van der Waals surface area contributed by atoms with E-state index in [-0.39, 0.29) is 18.4 Å². The summed E-state index contributed by atoms with van der Waals surface area (Å²) >= 11 is 1.46. The Morgan fingerprint density at radius 3 is 2.35 bits per heavy atom. The van der Waals surface area contributed by atoms with Crippen molar-refractivity contribution < 1.29 is 14.3 Å². The quantitative estimate of drug-likeness (QED) is 0.663. The van der Waals surface area contributed by atoms with Crippen molar-refractivity contribution >= 4 is 23.2 Å². The Hall–Kier alpha value is -2.34. The van der Waals surface area contributed by atoms with E-state index in [1.165, 1.54) is 17.8 Å². The summed E-state index contributed by atoms with van der Waals surface area (Å²) in [5.41, 5.74) is 1.05. The molecule has 2 saturated heterocycles. The van der Waals surface area contributed by atoms with Crippen LogP contribution in [-0.4, -0.2) is 54.4 Å². The molecule has 0 N–H and O–H groups in total. The Labute approximate surface area is 189 Å². The van der Waals surface area contributed by atoms with Crippen LogP contribution in [0.5, 0.6) is 5.75 Å². The fourth-order valence-corrected chi connectivity index (χ4v) is 5.80. The van der Waals surface area contributed by atoms with Crippen LogP contribution in [0.2, 0.25) is 0 Å². The first-order valence-electron chi connectivity index (χ1n) is 11.4. The predicted molar refractivity (Wildman–Crippen MR) is 125 cm³/mol. The average Bonchev–Trinajstić information content (AvgIpc) is 3.21. The number of carbonyl (C=O) groups excluding carboxylic acids is 2. The summed E-state index contributed by atoms with van der Waals surface area (Å²) in [6.07, 6.45) is 4.44. The smallest absolute Gasteiger partial charge is 0.267 e. The van der Waals surface area contributed by atoms with E-state index < -0.39 is 0 Å². The molecule has 1 aromatic heterocycles. The lowest BCUT2D eigenvalue weighted by Gasteiger charge is -2.34. The highest BCUT2D eigenvalue weighted by molar-refractivity contribution is 7.17. The lowest BCUT2D eigenvalue weighted by molar-refractivity contribution is -0.134. The summed E-state index contributed by atoms with van der Waals surface area (Å²) < 4.78 is 5.99. The molecule has 166 valence electrons. The van der Waals surface area contributed by atoms with Gasteiger partial charge in [-0.15, -0.1) is 11.3 Å². The summed E-state index contributed by atoms with van der Waals surface area (Å²) in [7, 11) is 0. The molecule has 2 fully saturated rings. The molecule has 0 aliphatic carbocycles. The zero-order valence-electron chi connectivity index (χ0n) is 18.5. The first kappa shape index (κ1) is 21.9. The topological polar surface area (TPSA) is 49.9 Å². The van der Waals surface area contributed by atoms with Crippen molar-refractivity contribution in [3.8, 4) is 16.2 Å². The van der Waals surface area contributed by atoms with Gasteiger partial charge >= 0.3 is 0 Å². The number of rotatable bonds is 5. The fraction of sp³-hybridized carbons (Fsp3) is 0.520. The maximum atomic E-state index is 13.5. The highest BCUT2D eigenvalue weighted by atomic mass is 32.1. The predicted octanol–water partition coefficient (Wildman–Crippen LogP) is 4.92. The molecule has 2 aromatic rings. The summed E-state index contributed by atoms with van der Waals surface area (Å²) in [5.74, 6) is 1.54. The molecule has 2 atom stereocenters. The van der Waals surface area contributed by atoms with E-state index >= 15 is 0 Å². The number of thiophene rings is 1. The molecule has 3 heterocycles. The van der Waals surface area contributed by atoms with Gasteiger partial charge in [0.2, 0.25) is 0 Å². The molecule has 2 amide bonds. The van der Waals surface area contributed by atoms with Crippen molar-refractivity contribution in [2.24, 2.45) is 11.8 Å². The number of carbonyl (C=O) groups is 2. The number of piperidine rings is 2. The third kappa shape index (κ3) is 5.29. The molecule has 1 aromatic carbocycles. The van der Waals surface area contributed by atoms with E-state index in [2.05, 4.69) is 13.8 Å². The van der Waals surface area contributed by atoms with E-state index in [1.54, 1.807) is 0 Å². The molecule has 0 spiro atoms. The Kier molecular flexibility index (Phi) is 6.96. The van der Waals surface area contributed by atoms with Gasteiger partial charge in [0.05, 0.1) is 0 Å². The van der Waals surface area contributed by atoms with Crippen LogP contribution in [0.15, 0.2) is 36.4 Å². The normalized spacial score (nSPS) is 21.7. The van der Waals surface area contributed by atoms with Gasteiger partial charge in [-0.2, -0.15) is 0 Å². The first-order valence-corrected chi connectivity index (χ1v) is 12.2. The standard InChI is InChI=1S/C25H32N2O3S/c1-18-13-19(2)16-27(15-18)25(29)24-21(14-22(31-24)20-9-5-3-6-10-20)30-17-23(28)26-11-7-4-8-12-26/h3,5-6,9-10,14,18-19H,4,7-8,11-13,15-17H2,1-2H3/t18-,19-/m1/s1. The minimum absolute atomic E-state index is 0.00535. The van der Waals surface area contributed by atoms with Gasteiger partial charge in [-0.05, 0) is 49.1 Å². The lowest BCUT2D eigenvalue weighted by atomic mass is 9.92. The third-order valence-electron chi connectivity index (χ3n) is 6.17. The largest absolute Gasteiger partial charge is 0.482 e. The van der Waals surface area contributed by atoms with E-state index in [0.29, 0.717) is 22.5 Å². The summed E-state index contributed by atoms with van der Waals surface area (Å²) in [4.78, 5) is 31.5. The summed E-state index contributed by atoms with van der Waals surface area (Å²) in [6, 6.07) is 12.0. The van der Waals surface area contributed by atoms with Crippen molar-refractivity contribution in [2.75, 3.05) is 32.8 Å². The number of amides is 2. The summed E-state index contributed by atoms with van der Waals surface area (Å²) in [6.45, 7) is 7.54. The van der Waals surface area contributed by atoms with E-state index in [4.69, 9.17) is 4.74 Å². The number of nitrogens with zero attached hydrogens (tertiary/aromatic N) is 2. The van der Waals surface area contributed by atoms with E-state index in [0.717, 1.165) is 55.9 Å². The van der Waals surface area contributed by atoms with Crippen LogP contribution >= 0.6 is 11.3 Å². The molecule has 0 radical (unpaired) electrons. The average molecular weight is 441 g/mol. The van der Waals surface area contributed by atoms with E-state index in [1.807, 2.05) is 46.2 Å². The summed E-state index contributed by atoms with van der Waals surface area (Å²) in [5, 5.41) is 0. The van der Waals surface area contributed by atoms with E-state index in [9.17, 15) is 9.59 Å². The Bertz CT molecular complexity index is 895. The number of hydrogen-bond donors (Lipinski definition) is 0. The lowest BCUT2D eigenvalue weighted by Crippen LogP contribution is -2.42. The molecular formula is C25H32N2O3S. The highest BCUT2D eigenvalue weighted by Crippen LogP contribution is 2.38. The van der Waals surface area contributed by atoms with Crippen LogP contribution in [0.3, 0.4) is 0 Å². The maximum Gasteiger partial charge on any atom is 0.267 e. The second kappa shape index (κ2) is 9.86.